The van der Waals surface area contributed by atoms with E-state index in [9.17, 15) is 4.79 Å². The van der Waals surface area contributed by atoms with Gasteiger partial charge < -0.3 is 9.47 Å². The minimum Gasteiger partial charge on any atom is -0.460 e. The Morgan fingerprint density at radius 2 is 1.93 bits per heavy atom. The molecule has 0 aromatic rings. The summed E-state index contributed by atoms with van der Waals surface area (Å²) in [6, 6.07) is 0. The van der Waals surface area contributed by atoms with Crippen molar-refractivity contribution in [2.45, 2.75) is 46.3 Å². The zero-order valence-corrected chi connectivity index (χ0v) is 9.66. The van der Waals surface area contributed by atoms with Crippen LogP contribution in [0, 0.1) is 11.8 Å². The average Bonchev–Trinajstić information content (AvgIpc) is 2.58. The molecule has 0 radical (unpaired) electrons. The first-order valence-corrected chi connectivity index (χ1v) is 5.21. The van der Waals surface area contributed by atoms with Crippen LogP contribution in [0.4, 0.5) is 0 Å². The van der Waals surface area contributed by atoms with Crippen LogP contribution >= 0.6 is 0 Å². The molecule has 0 unspecified atom stereocenters. The van der Waals surface area contributed by atoms with E-state index in [0.29, 0.717) is 12.5 Å². The molecule has 3 nitrogen and oxygen atoms in total. The Morgan fingerprint density at radius 1 is 1.36 bits per heavy atom. The number of rotatable bonds is 3. The molecule has 0 bridgehead atoms. The molecule has 0 aromatic carbocycles. The summed E-state index contributed by atoms with van der Waals surface area (Å²) < 4.78 is 10.7. The number of hydrogen-bond donors (Lipinski definition) is 0. The maximum absolute atomic E-state index is 11.6. The summed E-state index contributed by atoms with van der Waals surface area (Å²) in [7, 11) is 0. The summed E-state index contributed by atoms with van der Waals surface area (Å²) in [5, 5.41) is 0. The van der Waals surface area contributed by atoms with E-state index in [4.69, 9.17) is 9.47 Å². The fourth-order valence-corrected chi connectivity index (χ4v) is 1.59. The van der Waals surface area contributed by atoms with E-state index in [1.807, 2.05) is 34.6 Å². The van der Waals surface area contributed by atoms with Crippen molar-refractivity contribution in [1.29, 1.82) is 0 Å². The molecule has 0 aliphatic heterocycles. The number of hydrogen-bond acceptors (Lipinski definition) is 3. The molecular weight excluding hydrogens is 180 g/mol. The Balaban J connectivity index is 2.41. The fraction of sp³-hybridized carbons (Fsp3) is 0.909. The second-order valence-electron chi connectivity index (χ2n) is 4.84. The van der Waals surface area contributed by atoms with Gasteiger partial charge in [0.15, 0.2) is 0 Å². The van der Waals surface area contributed by atoms with E-state index in [1.54, 1.807) is 0 Å². The predicted molar refractivity (Wildman–Crippen MR) is 53.9 cm³/mol. The first-order chi connectivity index (χ1) is 6.37. The van der Waals surface area contributed by atoms with E-state index in [0.717, 1.165) is 0 Å². The third-order valence-electron chi connectivity index (χ3n) is 2.34. The van der Waals surface area contributed by atoms with Crippen LogP contribution < -0.4 is 0 Å². The number of carbonyl (C=O) groups excluding carboxylic acids is 1. The normalized spacial score (nSPS) is 31.4. The third kappa shape index (κ3) is 2.71. The lowest BCUT2D eigenvalue weighted by Crippen LogP contribution is -2.26. The van der Waals surface area contributed by atoms with Gasteiger partial charge in [-0.05, 0) is 33.6 Å². The molecule has 0 heterocycles. The minimum absolute atomic E-state index is 0.0471. The maximum Gasteiger partial charge on any atom is 0.312 e. The van der Waals surface area contributed by atoms with Crippen LogP contribution in [-0.2, 0) is 14.3 Å². The molecule has 0 saturated heterocycles. The molecule has 82 valence electrons. The molecule has 1 saturated carbocycles. The lowest BCUT2D eigenvalue weighted by Gasteiger charge is -2.19. The topological polar surface area (TPSA) is 35.5 Å². The summed E-state index contributed by atoms with van der Waals surface area (Å²) >= 11 is 0. The van der Waals surface area contributed by atoms with Crippen molar-refractivity contribution in [2.75, 3.05) is 6.61 Å². The lowest BCUT2D eigenvalue weighted by atomic mass is 10.2. The van der Waals surface area contributed by atoms with Gasteiger partial charge in [0, 0.05) is 6.61 Å². The van der Waals surface area contributed by atoms with Crippen LogP contribution in [0.1, 0.15) is 34.6 Å². The van der Waals surface area contributed by atoms with Crippen molar-refractivity contribution in [3.8, 4) is 0 Å². The average molecular weight is 200 g/mol. The van der Waals surface area contributed by atoms with E-state index in [-0.39, 0.29) is 18.0 Å². The van der Waals surface area contributed by atoms with Crippen molar-refractivity contribution < 1.29 is 14.3 Å². The van der Waals surface area contributed by atoms with Gasteiger partial charge in [0.25, 0.3) is 0 Å². The maximum atomic E-state index is 11.6. The smallest absolute Gasteiger partial charge is 0.312 e. The Kier molecular flexibility index (Phi) is 3.20. The van der Waals surface area contributed by atoms with Gasteiger partial charge in [0.05, 0.1) is 12.0 Å². The summed E-state index contributed by atoms with van der Waals surface area (Å²) in [5.74, 6) is 0.141. The Labute approximate surface area is 85.8 Å². The molecule has 14 heavy (non-hydrogen) atoms. The minimum atomic E-state index is -0.393. The monoisotopic (exact) mass is 200 g/mol. The SMILES string of the molecule is CCO[C@H]1[C@H](C)[C@H]1C(=O)OC(C)(C)C. The molecule has 3 atom stereocenters. The summed E-state index contributed by atoms with van der Waals surface area (Å²) in [5.41, 5.74) is -0.393. The van der Waals surface area contributed by atoms with Crippen LogP contribution in [-0.4, -0.2) is 24.3 Å². The van der Waals surface area contributed by atoms with Crippen molar-refractivity contribution in [1.82, 2.24) is 0 Å². The van der Waals surface area contributed by atoms with Gasteiger partial charge in [0.2, 0.25) is 0 Å². The molecular formula is C11H20O3. The molecule has 1 aliphatic carbocycles. The number of ether oxygens (including phenoxy) is 2. The van der Waals surface area contributed by atoms with Gasteiger partial charge in [-0.3, -0.25) is 4.79 Å². The van der Waals surface area contributed by atoms with E-state index < -0.39 is 5.60 Å². The van der Waals surface area contributed by atoms with E-state index in [2.05, 4.69) is 0 Å². The molecule has 0 aromatic heterocycles. The highest BCUT2D eigenvalue weighted by molar-refractivity contribution is 5.77. The second kappa shape index (κ2) is 3.89. The highest BCUT2D eigenvalue weighted by Gasteiger charge is 2.54. The highest BCUT2D eigenvalue weighted by atomic mass is 16.6. The van der Waals surface area contributed by atoms with Crippen LogP contribution in [0.3, 0.4) is 0 Å². The summed E-state index contributed by atoms with van der Waals surface area (Å²) in [6.07, 6.45) is 0.0786. The van der Waals surface area contributed by atoms with Crippen molar-refractivity contribution >= 4 is 5.97 Å². The van der Waals surface area contributed by atoms with Gasteiger partial charge in [-0.25, -0.2) is 0 Å². The van der Waals surface area contributed by atoms with Crippen LogP contribution in [0.5, 0.6) is 0 Å². The first-order valence-electron chi connectivity index (χ1n) is 5.21. The molecule has 1 aliphatic rings. The Bertz CT molecular complexity index is 217. The summed E-state index contributed by atoms with van der Waals surface area (Å²) in [6.45, 7) is 10.3. The number of esters is 1. The van der Waals surface area contributed by atoms with Gasteiger partial charge in [-0.2, -0.15) is 0 Å². The standard InChI is InChI=1S/C11H20O3/c1-6-13-9-7(2)8(9)10(12)14-11(3,4)5/h7-9H,6H2,1-5H3/t7-,8-,9+/m1/s1. The Morgan fingerprint density at radius 3 is 2.36 bits per heavy atom. The second-order valence-corrected chi connectivity index (χ2v) is 4.84. The predicted octanol–water partition coefficient (Wildman–Crippen LogP) is 2.00. The van der Waals surface area contributed by atoms with E-state index >= 15 is 0 Å². The van der Waals surface area contributed by atoms with Gasteiger partial charge in [-0.15, -0.1) is 0 Å². The van der Waals surface area contributed by atoms with Crippen LogP contribution in [0.25, 0.3) is 0 Å². The molecule has 0 spiro atoms. The molecule has 0 N–H and O–H groups in total. The molecule has 1 fully saturated rings. The quantitative estimate of drug-likeness (QED) is 0.654. The highest BCUT2D eigenvalue weighted by Crippen LogP contribution is 2.42. The Hall–Kier alpha value is -0.570. The van der Waals surface area contributed by atoms with E-state index in [1.165, 1.54) is 0 Å². The number of carbonyl (C=O) groups is 1. The molecule has 0 amide bonds. The van der Waals surface area contributed by atoms with Crippen molar-refractivity contribution in [3.63, 3.8) is 0 Å². The first kappa shape index (κ1) is 11.5. The zero-order chi connectivity index (χ0) is 10.9. The molecule has 3 heteroatoms. The van der Waals surface area contributed by atoms with Gasteiger partial charge >= 0.3 is 5.97 Å². The van der Waals surface area contributed by atoms with Gasteiger partial charge in [0.1, 0.15) is 5.60 Å². The van der Waals surface area contributed by atoms with Crippen molar-refractivity contribution in [3.05, 3.63) is 0 Å². The van der Waals surface area contributed by atoms with Crippen LogP contribution in [0.15, 0.2) is 0 Å². The van der Waals surface area contributed by atoms with Crippen molar-refractivity contribution in [2.24, 2.45) is 11.8 Å². The summed E-state index contributed by atoms with van der Waals surface area (Å²) in [4.78, 5) is 11.6. The largest absolute Gasteiger partial charge is 0.460 e. The third-order valence-corrected chi connectivity index (χ3v) is 2.34. The van der Waals surface area contributed by atoms with Gasteiger partial charge in [-0.1, -0.05) is 6.92 Å². The molecule has 1 rings (SSSR count). The zero-order valence-electron chi connectivity index (χ0n) is 9.66. The van der Waals surface area contributed by atoms with Crippen LogP contribution in [0.2, 0.25) is 0 Å². The lowest BCUT2D eigenvalue weighted by molar-refractivity contribution is -0.157. The fourth-order valence-electron chi connectivity index (χ4n) is 1.59.